The molecule has 2 aliphatic rings. The molecule has 0 radical (unpaired) electrons. The van der Waals surface area contributed by atoms with E-state index in [0.29, 0.717) is 23.6 Å². The fraction of sp³-hybridized carbons (Fsp3) is 0.379. The Kier molecular flexibility index (Phi) is 5.80. The van der Waals surface area contributed by atoms with Crippen molar-refractivity contribution in [2.45, 2.75) is 50.9 Å². The van der Waals surface area contributed by atoms with Crippen molar-refractivity contribution in [2.75, 3.05) is 6.61 Å². The number of aromatic hydroxyl groups is 5. The van der Waals surface area contributed by atoms with E-state index in [4.69, 9.17) is 0 Å². The van der Waals surface area contributed by atoms with Gasteiger partial charge in [-0.15, -0.1) is 0 Å². The van der Waals surface area contributed by atoms with Crippen LogP contribution >= 0.6 is 0 Å². The predicted octanol–water partition coefficient (Wildman–Crippen LogP) is 5.76. The fourth-order valence-electron chi connectivity index (χ4n) is 6.94. The zero-order valence-corrected chi connectivity index (χ0v) is 19.8. The molecule has 6 heteroatoms. The molecule has 0 aromatic heterocycles. The molecule has 0 heterocycles. The molecule has 6 N–H and O–H groups in total. The van der Waals surface area contributed by atoms with Crippen molar-refractivity contribution in [3.63, 3.8) is 0 Å². The first kappa shape index (κ1) is 23.4. The van der Waals surface area contributed by atoms with Crippen molar-refractivity contribution in [3.05, 3.63) is 53.1 Å². The van der Waals surface area contributed by atoms with Crippen LogP contribution < -0.4 is 0 Å². The third-order valence-corrected chi connectivity index (χ3v) is 8.37. The molecule has 35 heavy (non-hydrogen) atoms. The van der Waals surface area contributed by atoms with Gasteiger partial charge in [-0.3, -0.25) is 0 Å². The summed E-state index contributed by atoms with van der Waals surface area (Å²) in [7, 11) is 0. The Balaban J connectivity index is 1.74. The van der Waals surface area contributed by atoms with Crippen LogP contribution in [0.4, 0.5) is 0 Å². The summed E-state index contributed by atoms with van der Waals surface area (Å²) in [6.45, 7) is 2.35. The number of phenols is 5. The average Bonchev–Trinajstić information content (AvgIpc) is 3.18. The third kappa shape index (κ3) is 3.59. The van der Waals surface area contributed by atoms with Crippen LogP contribution in [0.15, 0.2) is 36.4 Å². The van der Waals surface area contributed by atoms with E-state index >= 15 is 0 Å². The second-order valence-corrected chi connectivity index (χ2v) is 10.1. The Hall–Kier alpha value is -3.38. The van der Waals surface area contributed by atoms with E-state index < -0.39 is 0 Å². The number of phenolic OH excluding ortho intramolecular Hbond substituents is 5. The maximum atomic E-state index is 10.5. The molecule has 2 aliphatic carbocycles. The van der Waals surface area contributed by atoms with Gasteiger partial charge in [0.05, 0.1) is 5.39 Å². The van der Waals surface area contributed by atoms with E-state index in [0.717, 1.165) is 54.4 Å². The highest BCUT2D eigenvalue weighted by atomic mass is 16.3. The van der Waals surface area contributed by atoms with Gasteiger partial charge in [0.25, 0.3) is 0 Å². The summed E-state index contributed by atoms with van der Waals surface area (Å²) in [5.74, 6) is -0.339. The lowest BCUT2D eigenvalue weighted by Gasteiger charge is -2.42. The van der Waals surface area contributed by atoms with E-state index in [1.165, 1.54) is 6.07 Å². The molecule has 3 aromatic rings. The quantitative estimate of drug-likeness (QED) is 0.261. The number of hydrogen-bond acceptors (Lipinski definition) is 6. The predicted molar refractivity (Wildman–Crippen MR) is 136 cm³/mol. The molecule has 6 nitrogen and oxygen atoms in total. The number of fused-ring (bicyclic) bond motifs is 3. The summed E-state index contributed by atoms with van der Waals surface area (Å²) in [5.41, 5.74) is 3.22. The van der Waals surface area contributed by atoms with Crippen molar-refractivity contribution in [1.82, 2.24) is 0 Å². The molecule has 184 valence electrons. The molecule has 0 unspecified atom stereocenters. The lowest BCUT2D eigenvalue weighted by atomic mass is 9.61. The van der Waals surface area contributed by atoms with Gasteiger partial charge in [0, 0.05) is 12.0 Å². The Morgan fingerprint density at radius 3 is 2.46 bits per heavy atom. The van der Waals surface area contributed by atoms with Gasteiger partial charge in [0.1, 0.15) is 5.75 Å². The summed E-state index contributed by atoms with van der Waals surface area (Å²) in [6, 6.07) is 9.85. The summed E-state index contributed by atoms with van der Waals surface area (Å²) in [5, 5.41) is 62.5. The van der Waals surface area contributed by atoms with E-state index in [2.05, 4.69) is 6.92 Å². The molecule has 0 aliphatic heterocycles. The molecule has 1 saturated carbocycles. The minimum Gasteiger partial charge on any atom is -0.507 e. The Morgan fingerprint density at radius 2 is 1.71 bits per heavy atom. The van der Waals surface area contributed by atoms with Gasteiger partial charge in [-0.05, 0) is 95.9 Å². The normalized spacial score (nSPS) is 23.5. The first-order chi connectivity index (χ1) is 16.8. The van der Waals surface area contributed by atoms with Crippen molar-refractivity contribution in [2.24, 2.45) is 11.8 Å². The SMILES string of the molecule is CC[C@@H]1[C@@H](CCCO)CC[C@@]12CC(c1cc(O)c(O)c3c(O)cccc13)=Cc1cc(O)c(O)cc12. The topological polar surface area (TPSA) is 121 Å². The van der Waals surface area contributed by atoms with Crippen LogP contribution in [0.25, 0.3) is 22.4 Å². The first-order valence-electron chi connectivity index (χ1n) is 12.4. The highest BCUT2D eigenvalue weighted by molar-refractivity contribution is 6.05. The molecule has 1 spiro atoms. The smallest absolute Gasteiger partial charge is 0.169 e. The lowest BCUT2D eigenvalue weighted by Crippen LogP contribution is -2.35. The molecule has 3 aromatic carbocycles. The maximum absolute atomic E-state index is 10.5. The van der Waals surface area contributed by atoms with Crippen LogP contribution in [0.5, 0.6) is 28.7 Å². The highest BCUT2D eigenvalue weighted by Gasteiger charge is 2.50. The number of hydrogen-bond donors (Lipinski definition) is 6. The monoisotopic (exact) mass is 476 g/mol. The van der Waals surface area contributed by atoms with Crippen molar-refractivity contribution in [1.29, 1.82) is 0 Å². The van der Waals surface area contributed by atoms with Gasteiger partial charge in [-0.25, -0.2) is 0 Å². The Morgan fingerprint density at radius 1 is 0.943 bits per heavy atom. The molecule has 5 rings (SSSR count). The van der Waals surface area contributed by atoms with E-state index in [9.17, 15) is 30.6 Å². The molecular formula is C29H32O6. The van der Waals surface area contributed by atoms with Crippen LogP contribution in [-0.4, -0.2) is 37.2 Å². The lowest BCUT2D eigenvalue weighted by molar-refractivity contribution is 0.220. The minimum absolute atomic E-state index is 0.109. The standard InChI is InChI=1S/C29H32O6/c1-2-21-16(5-4-10-30)8-9-29(21)15-18(11-17-12-24(32)25(33)14-22(17)29)20-13-26(34)28(35)27-19(20)6-3-7-23(27)31/h3,6-7,11-14,16,21,30-35H,2,4-5,8-10,15H2,1H3/t16-,21+,29+/m0/s1. The van der Waals surface area contributed by atoms with Gasteiger partial charge in [-0.1, -0.05) is 31.6 Å². The number of aliphatic hydroxyl groups excluding tert-OH is 1. The summed E-state index contributed by atoms with van der Waals surface area (Å²) in [6.07, 6.45) is 7.18. The Bertz CT molecular complexity index is 1330. The second kappa shape index (κ2) is 8.68. The van der Waals surface area contributed by atoms with Gasteiger partial charge < -0.3 is 30.6 Å². The number of aliphatic hydroxyl groups is 1. The van der Waals surface area contributed by atoms with E-state index in [1.807, 2.05) is 12.1 Å². The zero-order valence-electron chi connectivity index (χ0n) is 19.8. The number of benzene rings is 3. The van der Waals surface area contributed by atoms with Crippen molar-refractivity contribution >= 4 is 22.4 Å². The van der Waals surface area contributed by atoms with E-state index in [-0.39, 0.29) is 46.2 Å². The van der Waals surface area contributed by atoms with Crippen molar-refractivity contribution < 1.29 is 30.6 Å². The number of allylic oxidation sites excluding steroid dienone is 1. The summed E-state index contributed by atoms with van der Waals surface area (Å²) in [4.78, 5) is 0. The molecule has 0 saturated heterocycles. The summed E-state index contributed by atoms with van der Waals surface area (Å²) >= 11 is 0. The van der Waals surface area contributed by atoms with Crippen LogP contribution in [-0.2, 0) is 5.41 Å². The highest BCUT2D eigenvalue weighted by Crippen LogP contribution is 2.60. The Labute approximate surface area is 204 Å². The van der Waals surface area contributed by atoms with E-state index in [1.54, 1.807) is 24.3 Å². The molecule has 0 bridgehead atoms. The van der Waals surface area contributed by atoms with Crippen LogP contribution in [0.2, 0.25) is 0 Å². The third-order valence-electron chi connectivity index (χ3n) is 8.37. The maximum Gasteiger partial charge on any atom is 0.169 e. The molecule has 0 amide bonds. The van der Waals surface area contributed by atoms with Crippen LogP contribution in [0.3, 0.4) is 0 Å². The average molecular weight is 477 g/mol. The van der Waals surface area contributed by atoms with Gasteiger partial charge >= 0.3 is 0 Å². The van der Waals surface area contributed by atoms with Gasteiger partial charge in [0.2, 0.25) is 0 Å². The first-order valence-corrected chi connectivity index (χ1v) is 12.4. The second-order valence-electron chi connectivity index (χ2n) is 10.1. The van der Waals surface area contributed by atoms with Crippen LogP contribution in [0, 0.1) is 11.8 Å². The molecule has 1 fully saturated rings. The van der Waals surface area contributed by atoms with Crippen LogP contribution in [0.1, 0.15) is 62.1 Å². The zero-order chi connectivity index (χ0) is 24.9. The minimum atomic E-state index is -0.354. The molecule has 3 atom stereocenters. The number of rotatable bonds is 5. The van der Waals surface area contributed by atoms with Gasteiger partial charge in [0.15, 0.2) is 23.0 Å². The van der Waals surface area contributed by atoms with Gasteiger partial charge in [-0.2, -0.15) is 0 Å². The largest absolute Gasteiger partial charge is 0.507 e. The summed E-state index contributed by atoms with van der Waals surface area (Å²) < 4.78 is 0. The van der Waals surface area contributed by atoms with Crippen molar-refractivity contribution in [3.8, 4) is 28.7 Å². The fourth-order valence-corrected chi connectivity index (χ4v) is 6.94. The molecular weight excluding hydrogens is 444 g/mol.